The molecule has 0 aliphatic carbocycles. The molecule has 0 unspecified atom stereocenters. The minimum atomic E-state index is 0.760. The molecule has 0 fully saturated rings. The van der Waals surface area contributed by atoms with Crippen molar-refractivity contribution in [3.05, 3.63) is 59.8 Å². The van der Waals surface area contributed by atoms with Crippen LogP contribution in [0.25, 0.3) is 27.5 Å². The van der Waals surface area contributed by atoms with E-state index in [1.807, 2.05) is 36.5 Å². The van der Waals surface area contributed by atoms with Gasteiger partial charge in [-0.3, -0.25) is 4.98 Å². The Balaban J connectivity index is 2.33. The monoisotopic (exact) mass is 252 g/mol. The normalized spacial score (nSPS) is 11.6. The molecule has 3 heteroatoms. The van der Waals surface area contributed by atoms with E-state index in [9.17, 15) is 0 Å². The standard InChI is InChI=1S/C15H9ClN2/c16-11-5-6-14-10(7-11)8-12-9-17-13-3-1-2-4-15(13)18(12)14/h1-9H. The van der Waals surface area contributed by atoms with E-state index >= 15 is 0 Å². The van der Waals surface area contributed by atoms with Crippen LogP contribution in [0.3, 0.4) is 0 Å². The highest BCUT2D eigenvalue weighted by molar-refractivity contribution is 6.31. The number of aromatic nitrogens is 2. The SMILES string of the molecule is Clc1ccc2c(c1)cc1cnc3ccccc3n12. The molecule has 0 saturated carbocycles. The molecule has 0 aliphatic heterocycles. The number of fused-ring (bicyclic) bond motifs is 5. The zero-order chi connectivity index (χ0) is 12.1. The van der Waals surface area contributed by atoms with Crippen molar-refractivity contribution in [2.45, 2.75) is 0 Å². The first-order valence-corrected chi connectivity index (χ1v) is 6.15. The zero-order valence-corrected chi connectivity index (χ0v) is 10.2. The lowest BCUT2D eigenvalue weighted by Crippen LogP contribution is -1.89. The molecule has 0 bridgehead atoms. The number of hydrogen-bond acceptors (Lipinski definition) is 1. The van der Waals surface area contributed by atoms with Gasteiger partial charge in [-0.2, -0.15) is 0 Å². The lowest BCUT2D eigenvalue weighted by Gasteiger charge is -2.03. The van der Waals surface area contributed by atoms with E-state index in [0.29, 0.717) is 0 Å². The van der Waals surface area contributed by atoms with Crippen molar-refractivity contribution in [1.29, 1.82) is 0 Å². The molecule has 0 aliphatic rings. The van der Waals surface area contributed by atoms with E-state index in [1.165, 1.54) is 0 Å². The van der Waals surface area contributed by atoms with Crippen LogP contribution in [0, 0.1) is 0 Å². The van der Waals surface area contributed by atoms with Crippen LogP contribution in [0.5, 0.6) is 0 Å². The van der Waals surface area contributed by atoms with Gasteiger partial charge in [-0.15, -0.1) is 0 Å². The smallest absolute Gasteiger partial charge is 0.0871 e. The molecule has 2 nitrogen and oxygen atoms in total. The summed E-state index contributed by atoms with van der Waals surface area (Å²) in [6, 6.07) is 16.2. The number of para-hydroxylation sites is 2. The van der Waals surface area contributed by atoms with Crippen LogP contribution in [0.1, 0.15) is 0 Å². The molecule has 4 aromatic rings. The van der Waals surface area contributed by atoms with E-state index in [2.05, 4.69) is 27.6 Å². The van der Waals surface area contributed by atoms with Crippen LogP contribution in [0.4, 0.5) is 0 Å². The summed E-state index contributed by atoms with van der Waals surface area (Å²) in [6.45, 7) is 0. The maximum absolute atomic E-state index is 6.04. The molecule has 0 spiro atoms. The van der Waals surface area contributed by atoms with Crippen molar-refractivity contribution < 1.29 is 0 Å². The topological polar surface area (TPSA) is 17.3 Å². The molecule has 2 heterocycles. The Bertz CT molecular complexity index is 893. The van der Waals surface area contributed by atoms with Crippen LogP contribution in [-0.4, -0.2) is 9.38 Å². The maximum atomic E-state index is 6.04. The summed E-state index contributed by atoms with van der Waals surface area (Å²) in [5, 5.41) is 1.90. The Morgan fingerprint density at radius 3 is 2.78 bits per heavy atom. The first-order valence-electron chi connectivity index (χ1n) is 5.77. The second-order valence-electron chi connectivity index (χ2n) is 4.35. The number of rotatable bonds is 0. The highest BCUT2D eigenvalue weighted by Gasteiger charge is 2.06. The Morgan fingerprint density at radius 1 is 0.944 bits per heavy atom. The lowest BCUT2D eigenvalue weighted by molar-refractivity contribution is 1.27. The van der Waals surface area contributed by atoms with Gasteiger partial charge in [-0.05, 0) is 36.4 Å². The summed E-state index contributed by atoms with van der Waals surface area (Å²) in [6.07, 6.45) is 1.90. The number of benzene rings is 2. The van der Waals surface area contributed by atoms with Crippen molar-refractivity contribution in [3.63, 3.8) is 0 Å². The molecule has 0 N–H and O–H groups in total. The third-order valence-corrected chi connectivity index (χ3v) is 3.49. The van der Waals surface area contributed by atoms with Gasteiger partial charge in [0.05, 0.1) is 28.3 Å². The van der Waals surface area contributed by atoms with Crippen molar-refractivity contribution in [2.24, 2.45) is 0 Å². The molecule has 86 valence electrons. The van der Waals surface area contributed by atoms with E-state index in [4.69, 9.17) is 11.6 Å². The predicted molar refractivity (Wildman–Crippen MR) is 75.2 cm³/mol. The molecule has 2 aromatic carbocycles. The molecule has 18 heavy (non-hydrogen) atoms. The Labute approximate surface area is 108 Å². The fraction of sp³-hybridized carbons (Fsp3) is 0. The summed E-state index contributed by atoms with van der Waals surface area (Å²) in [5.74, 6) is 0. The van der Waals surface area contributed by atoms with E-state index in [0.717, 1.165) is 32.5 Å². The zero-order valence-electron chi connectivity index (χ0n) is 9.47. The molecule has 0 saturated heterocycles. The molecular weight excluding hydrogens is 244 g/mol. The first kappa shape index (κ1) is 9.92. The molecule has 4 rings (SSSR count). The second kappa shape index (κ2) is 3.47. The van der Waals surface area contributed by atoms with Crippen LogP contribution in [-0.2, 0) is 0 Å². The van der Waals surface area contributed by atoms with Gasteiger partial charge in [0.15, 0.2) is 0 Å². The molecular formula is C15H9ClN2. The number of nitrogens with zero attached hydrogens (tertiary/aromatic N) is 2. The van der Waals surface area contributed by atoms with Gasteiger partial charge in [-0.25, -0.2) is 0 Å². The van der Waals surface area contributed by atoms with Crippen LogP contribution in [0.2, 0.25) is 5.02 Å². The molecule has 0 amide bonds. The molecule has 2 aromatic heterocycles. The fourth-order valence-corrected chi connectivity index (χ4v) is 2.65. The summed E-state index contributed by atoms with van der Waals surface area (Å²) < 4.78 is 2.22. The third kappa shape index (κ3) is 1.27. The van der Waals surface area contributed by atoms with E-state index in [1.54, 1.807) is 0 Å². The van der Waals surface area contributed by atoms with Crippen molar-refractivity contribution in [3.8, 4) is 0 Å². The van der Waals surface area contributed by atoms with Crippen molar-refractivity contribution in [2.75, 3.05) is 0 Å². The Kier molecular flexibility index (Phi) is 1.91. The quantitative estimate of drug-likeness (QED) is 0.456. The van der Waals surface area contributed by atoms with E-state index < -0.39 is 0 Å². The number of halogens is 1. The lowest BCUT2D eigenvalue weighted by atomic mass is 10.2. The van der Waals surface area contributed by atoms with Gasteiger partial charge in [0.25, 0.3) is 0 Å². The summed E-state index contributed by atoms with van der Waals surface area (Å²) in [7, 11) is 0. The minimum Gasteiger partial charge on any atom is -0.306 e. The highest BCUT2D eigenvalue weighted by Crippen LogP contribution is 2.26. The van der Waals surface area contributed by atoms with E-state index in [-0.39, 0.29) is 0 Å². The summed E-state index contributed by atoms with van der Waals surface area (Å²) in [4.78, 5) is 4.47. The van der Waals surface area contributed by atoms with Crippen molar-refractivity contribution in [1.82, 2.24) is 9.38 Å². The Morgan fingerprint density at radius 2 is 1.83 bits per heavy atom. The largest absolute Gasteiger partial charge is 0.306 e. The van der Waals surface area contributed by atoms with Gasteiger partial charge in [0, 0.05) is 10.4 Å². The van der Waals surface area contributed by atoms with Gasteiger partial charge in [0.1, 0.15) is 0 Å². The van der Waals surface area contributed by atoms with Gasteiger partial charge in [0.2, 0.25) is 0 Å². The average Bonchev–Trinajstić information content (AvgIpc) is 2.76. The van der Waals surface area contributed by atoms with Crippen LogP contribution in [0.15, 0.2) is 54.7 Å². The van der Waals surface area contributed by atoms with Crippen LogP contribution >= 0.6 is 11.6 Å². The fourth-order valence-electron chi connectivity index (χ4n) is 2.47. The predicted octanol–water partition coefficient (Wildman–Crippen LogP) is 4.29. The number of hydrogen-bond donors (Lipinski definition) is 0. The van der Waals surface area contributed by atoms with Gasteiger partial charge >= 0.3 is 0 Å². The maximum Gasteiger partial charge on any atom is 0.0871 e. The Hall–Kier alpha value is -2.06. The first-order chi connectivity index (χ1) is 8.83. The van der Waals surface area contributed by atoms with Gasteiger partial charge < -0.3 is 4.40 Å². The molecule has 0 atom stereocenters. The molecule has 0 radical (unpaired) electrons. The van der Waals surface area contributed by atoms with Crippen molar-refractivity contribution >= 4 is 39.1 Å². The minimum absolute atomic E-state index is 0.760. The highest BCUT2D eigenvalue weighted by atomic mass is 35.5. The summed E-state index contributed by atoms with van der Waals surface area (Å²) >= 11 is 6.04. The summed E-state index contributed by atoms with van der Waals surface area (Å²) in [5.41, 5.74) is 4.36. The van der Waals surface area contributed by atoms with Crippen LogP contribution < -0.4 is 0 Å². The average molecular weight is 253 g/mol. The second-order valence-corrected chi connectivity index (χ2v) is 4.79. The third-order valence-electron chi connectivity index (χ3n) is 3.25. The van der Waals surface area contributed by atoms with Gasteiger partial charge in [-0.1, -0.05) is 23.7 Å².